The highest BCUT2D eigenvalue weighted by atomic mass is 16.5. The molecule has 2 aromatic carbocycles. The van der Waals surface area contributed by atoms with E-state index in [0.29, 0.717) is 17.0 Å². The molecule has 6 nitrogen and oxygen atoms in total. The number of nitrogen functional groups attached to an aromatic ring is 1. The zero-order valence-electron chi connectivity index (χ0n) is 11.5. The summed E-state index contributed by atoms with van der Waals surface area (Å²) in [7, 11) is 0. The van der Waals surface area contributed by atoms with E-state index in [1.54, 1.807) is 54.0 Å². The van der Waals surface area contributed by atoms with E-state index in [0.717, 1.165) is 5.56 Å². The molecule has 0 spiro atoms. The number of phenolic OH excluding ortho intramolecular Hbond substituents is 1. The van der Waals surface area contributed by atoms with Crippen LogP contribution in [0.1, 0.15) is 17.2 Å². The van der Waals surface area contributed by atoms with Gasteiger partial charge in [-0.2, -0.15) is 5.48 Å². The van der Waals surface area contributed by atoms with Gasteiger partial charge in [0.2, 0.25) is 0 Å². The molecular weight excluding hydrogens is 272 g/mol. The molecule has 1 unspecified atom stereocenters. The third-order valence-corrected chi connectivity index (χ3v) is 2.73. The Labute approximate surface area is 122 Å². The van der Waals surface area contributed by atoms with Gasteiger partial charge in [-0.15, -0.1) is 0 Å². The fraction of sp³-hybridized carbons (Fsp3) is 0.133. The molecule has 0 saturated carbocycles. The molecule has 0 heterocycles. The minimum atomic E-state index is -1.11. The van der Waals surface area contributed by atoms with Crippen molar-refractivity contribution in [1.29, 1.82) is 0 Å². The Kier molecular flexibility index (Phi) is 6.19. The molecular formula is C15H18N2O4. The van der Waals surface area contributed by atoms with E-state index in [9.17, 15) is 4.79 Å². The van der Waals surface area contributed by atoms with Gasteiger partial charge in [-0.3, -0.25) is 4.79 Å². The van der Waals surface area contributed by atoms with Crippen molar-refractivity contribution in [2.45, 2.75) is 13.0 Å². The minimum Gasteiger partial charge on any atom is -0.508 e. The highest BCUT2D eigenvalue weighted by molar-refractivity contribution is 5.75. The molecule has 0 aliphatic heterocycles. The smallest absolute Gasteiger partial charge is 0.327 e. The van der Waals surface area contributed by atoms with Gasteiger partial charge in [0.1, 0.15) is 5.75 Å². The number of phenols is 1. The molecule has 0 aromatic heterocycles. The van der Waals surface area contributed by atoms with Crippen LogP contribution >= 0.6 is 0 Å². The standard InChI is InChI=1S/C8H9NO3.C7H9NO/c10-8(11)7(9-12)6-4-2-1-3-5-6;1-5-4-6(8)2-3-7(5)9/h1-5,7,9,12H,(H,10,11);2-4,9H,8H2,1H3. The average molecular weight is 290 g/mol. The van der Waals surface area contributed by atoms with Crippen LogP contribution in [0.3, 0.4) is 0 Å². The van der Waals surface area contributed by atoms with E-state index >= 15 is 0 Å². The minimum absolute atomic E-state index is 0.296. The zero-order chi connectivity index (χ0) is 15.8. The molecule has 0 fully saturated rings. The Hall–Kier alpha value is -2.57. The maximum Gasteiger partial charge on any atom is 0.327 e. The number of nitrogens with one attached hydrogen (secondary N) is 1. The molecule has 2 aromatic rings. The topological polar surface area (TPSA) is 116 Å². The second-order valence-corrected chi connectivity index (χ2v) is 4.36. The van der Waals surface area contributed by atoms with Gasteiger partial charge >= 0.3 is 5.97 Å². The van der Waals surface area contributed by atoms with Crippen molar-refractivity contribution in [2.75, 3.05) is 5.73 Å². The van der Waals surface area contributed by atoms with Crippen molar-refractivity contribution < 1.29 is 20.2 Å². The monoisotopic (exact) mass is 290 g/mol. The molecule has 112 valence electrons. The Morgan fingerprint density at radius 1 is 1.19 bits per heavy atom. The lowest BCUT2D eigenvalue weighted by Crippen LogP contribution is -2.25. The second kappa shape index (κ2) is 7.88. The van der Waals surface area contributed by atoms with E-state index in [1.807, 2.05) is 6.92 Å². The van der Waals surface area contributed by atoms with Gasteiger partial charge in [0.15, 0.2) is 6.04 Å². The summed E-state index contributed by atoms with van der Waals surface area (Å²) >= 11 is 0. The molecule has 0 aliphatic carbocycles. The van der Waals surface area contributed by atoms with Crippen LogP contribution in [0.2, 0.25) is 0 Å². The predicted octanol–water partition coefficient (Wildman–Crippen LogP) is 2.07. The van der Waals surface area contributed by atoms with E-state index < -0.39 is 12.0 Å². The van der Waals surface area contributed by atoms with Gasteiger partial charge < -0.3 is 21.2 Å². The Morgan fingerprint density at radius 2 is 1.81 bits per heavy atom. The SMILES string of the molecule is Cc1cc(N)ccc1O.O=C(O)C(NO)c1ccccc1. The second-order valence-electron chi connectivity index (χ2n) is 4.36. The summed E-state index contributed by atoms with van der Waals surface area (Å²) < 4.78 is 0. The van der Waals surface area contributed by atoms with Crippen molar-refractivity contribution in [2.24, 2.45) is 0 Å². The molecule has 6 heteroatoms. The summed E-state index contributed by atoms with van der Waals surface area (Å²) in [5.41, 5.74) is 9.16. The number of nitrogens with two attached hydrogens (primary N) is 1. The summed E-state index contributed by atoms with van der Waals surface area (Å²) in [5.74, 6) is -0.812. The number of aryl methyl sites for hydroxylation is 1. The van der Waals surface area contributed by atoms with Crippen molar-refractivity contribution in [1.82, 2.24) is 5.48 Å². The molecule has 1 atom stereocenters. The van der Waals surface area contributed by atoms with Crippen LogP contribution in [-0.2, 0) is 4.79 Å². The van der Waals surface area contributed by atoms with Crippen LogP contribution in [-0.4, -0.2) is 21.4 Å². The lowest BCUT2D eigenvalue weighted by atomic mass is 10.1. The summed E-state index contributed by atoms with van der Waals surface area (Å²) in [6.45, 7) is 1.81. The van der Waals surface area contributed by atoms with E-state index in [1.165, 1.54) is 0 Å². The van der Waals surface area contributed by atoms with Crippen molar-refractivity contribution in [3.8, 4) is 5.75 Å². The van der Waals surface area contributed by atoms with Crippen LogP contribution in [0.5, 0.6) is 5.75 Å². The van der Waals surface area contributed by atoms with Gasteiger partial charge in [0.05, 0.1) is 0 Å². The van der Waals surface area contributed by atoms with Gasteiger partial charge in [0, 0.05) is 5.69 Å². The third kappa shape index (κ3) is 5.13. The summed E-state index contributed by atoms with van der Waals surface area (Å²) in [5, 5.41) is 26.1. The third-order valence-electron chi connectivity index (χ3n) is 2.73. The first-order chi connectivity index (χ1) is 9.95. The van der Waals surface area contributed by atoms with Crippen LogP contribution in [0.4, 0.5) is 5.69 Å². The summed E-state index contributed by atoms with van der Waals surface area (Å²) in [4.78, 5) is 10.5. The number of carboxylic acid groups (broad SMARTS) is 1. The summed E-state index contributed by atoms with van der Waals surface area (Å²) in [6, 6.07) is 12.4. The number of carboxylic acids is 1. The van der Waals surface area contributed by atoms with Gasteiger partial charge in [-0.05, 0) is 36.2 Å². The Bertz CT molecular complexity index is 587. The molecule has 6 N–H and O–H groups in total. The Balaban J connectivity index is 0.000000219. The average Bonchev–Trinajstić information content (AvgIpc) is 2.45. The van der Waals surface area contributed by atoms with Gasteiger partial charge in [-0.1, -0.05) is 30.3 Å². The quantitative estimate of drug-likeness (QED) is 0.336. The van der Waals surface area contributed by atoms with Crippen LogP contribution in [0, 0.1) is 6.92 Å². The zero-order valence-corrected chi connectivity index (χ0v) is 11.5. The van der Waals surface area contributed by atoms with Gasteiger partial charge in [0.25, 0.3) is 0 Å². The number of hydroxylamine groups is 1. The normalized spacial score (nSPS) is 11.1. The largest absolute Gasteiger partial charge is 0.508 e. The Morgan fingerprint density at radius 3 is 2.24 bits per heavy atom. The molecule has 0 amide bonds. The molecule has 0 saturated heterocycles. The maximum atomic E-state index is 10.5. The molecule has 2 rings (SSSR count). The summed E-state index contributed by atoms with van der Waals surface area (Å²) in [6.07, 6.45) is 0. The molecule has 21 heavy (non-hydrogen) atoms. The lowest BCUT2D eigenvalue weighted by Gasteiger charge is -2.08. The number of hydrogen-bond donors (Lipinski definition) is 5. The number of anilines is 1. The van der Waals surface area contributed by atoms with Crippen molar-refractivity contribution >= 4 is 11.7 Å². The number of rotatable bonds is 3. The highest BCUT2D eigenvalue weighted by Gasteiger charge is 2.17. The van der Waals surface area contributed by atoms with Crippen LogP contribution in [0.15, 0.2) is 48.5 Å². The van der Waals surface area contributed by atoms with Gasteiger partial charge in [-0.25, -0.2) is 0 Å². The molecule has 0 bridgehead atoms. The molecule has 0 aliphatic rings. The fourth-order valence-corrected chi connectivity index (χ4v) is 1.60. The van der Waals surface area contributed by atoms with Crippen LogP contribution < -0.4 is 11.2 Å². The first kappa shape index (κ1) is 16.5. The lowest BCUT2D eigenvalue weighted by molar-refractivity contribution is -0.142. The van der Waals surface area contributed by atoms with Crippen molar-refractivity contribution in [3.63, 3.8) is 0 Å². The maximum absolute atomic E-state index is 10.5. The number of aliphatic carboxylic acids is 1. The number of carbonyl (C=O) groups is 1. The first-order valence-electron chi connectivity index (χ1n) is 6.18. The van der Waals surface area contributed by atoms with E-state index in [-0.39, 0.29) is 0 Å². The van der Waals surface area contributed by atoms with E-state index in [2.05, 4.69) is 0 Å². The first-order valence-corrected chi connectivity index (χ1v) is 6.18. The fourth-order valence-electron chi connectivity index (χ4n) is 1.60. The number of hydrogen-bond acceptors (Lipinski definition) is 5. The van der Waals surface area contributed by atoms with Crippen LogP contribution in [0.25, 0.3) is 0 Å². The predicted molar refractivity (Wildman–Crippen MR) is 79.0 cm³/mol. The number of benzene rings is 2. The van der Waals surface area contributed by atoms with E-state index in [4.69, 9.17) is 21.2 Å². The highest BCUT2D eigenvalue weighted by Crippen LogP contribution is 2.17. The van der Waals surface area contributed by atoms with Crippen molar-refractivity contribution in [3.05, 3.63) is 59.7 Å². The number of aromatic hydroxyl groups is 1. The molecule has 0 radical (unpaired) electrons.